The number of rotatable bonds is 1. The molecule has 0 saturated carbocycles. The van der Waals surface area contributed by atoms with Gasteiger partial charge in [0, 0.05) is 19.5 Å². The molecule has 0 saturated heterocycles. The summed E-state index contributed by atoms with van der Waals surface area (Å²) in [6.07, 6.45) is 3.10. The molecular weight excluding hydrogens is 174 g/mol. The van der Waals surface area contributed by atoms with Crippen LogP contribution in [0.2, 0.25) is 0 Å². The Balaban J connectivity index is 3.40. The highest BCUT2D eigenvalue weighted by Gasteiger charge is 2.08. The summed E-state index contributed by atoms with van der Waals surface area (Å²) in [4.78, 5) is 4.34. The van der Waals surface area contributed by atoms with Crippen molar-refractivity contribution in [3.05, 3.63) is 18.3 Å². The monoisotopic (exact) mass is 185 g/mol. The van der Waals surface area contributed by atoms with E-state index >= 15 is 0 Å². The van der Waals surface area contributed by atoms with E-state index in [4.69, 9.17) is 5.73 Å². The Kier molecular flexibility index (Phi) is 2.32. The van der Waals surface area contributed by atoms with E-state index in [2.05, 4.69) is 9.35 Å². The van der Waals surface area contributed by atoms with E-state index in [0.717, 1.165) is 0 Å². The number of aromatic nitrogens is 1. The van der Waals surface area contributed by atoms with Crippen molar-refractivity contribution in [2.45, 2.75) is 4.90 Å². The van der Waals surface area contributed by atoms with Crippen LogP contribution >= 0.6 is 0 Å². The molecule has 0 spiro atoms. The number of nitrogens with zero attached hydrogens (tertiary/aromatic N) is 2. The number of hydrogen-bond acceptors (Lipinski definition) is 4. The molecule has 0 amide bonds. The Morgan fingerprint density at radius 2 is 2.33 bits per heavy atom. The Hall–Kier alpha value is -1.10. The highest BCUT2D eigenvalue weighted by Crippen LogP contribution is 2.15. The average Bonchev–Trinajstić information content (AvgIpc) is 2.05. The normalized spacial score (nSPS) is 15.2. The highest BCUT2D eigenvalue weighted by atomic mass is 32.2. The van der Waals surface area contributed by atoms with Gasteiger partial charge in [-0.15, -0.1) is 0 Å². The predicted molar refractivity (Wildman–Crippen MR) is 49.3 cm³/mol. The highest BCUT2D eigenvalue weighted by molar-refractivity contribution is 7.93. The second kappa shape index (κ2) is 3.10. The average molecular weight is 185 g/mol. The molecule has 12 heavy (non-hydrogen) atoms. The maximum atomic E-state index is 11.7. The Morgan fingerprint density at radius 1 is 1.67 bits per heavy atom. The van der Waals surface area contributed by atoms with Crippen LogP contribution in [0.3, 0.4) is 0 Å². The fraction of sp³-hybridized carbons (Fsp3) is 0.286. The van der Waals surface area contributed by atoms with Gasteiger partial charge in [0.05, 0.1) is 14.6 Å². The molecule has 1 unspecified atom stereocenters. The van der Waals surface area contributed by atoms with E-state index < -0.39 is 9.73 Å². The molecule has 0 aliphatic rings. The van der Waals surface area contributed by atoms with Gasteiger partial charge in [0.15, 0.2) is 0 Å². The molecule has 2 N–H and O–H groups in total. The summed E-state index contributed by atoms with van der Waals surface area (Å²) < 4.78 is 15.4. The second-order valence-corrected chi connectivity index (χ2v) is 4.78. The van der Waals surface area contributed by atoms with Crippen molar-refractivity contribution in [2.24, 2.45) is 4.36 Å². The molecule has 0 bridgehead atoms. The van der Waals surface area contributed by atoms with Crippen LogP contribution in [0, 0.1) is 0 Å². The van der Waals surface area contributed by atoms with Gasteiger partial charge in [-0.1, -0.05) is 0 Å². The van der Waals surface area contributed by atoms with E-state index in [1.165, 1.54) is 7.05 Å². The molecular formula is C7H11N3OS. The number of nitrogens with two attached hydrogens (primary N) is 1. The third-order valence-electron chi connectivity index (χ3n) is 1.56. The van der Waals surface area contributed by atoms with Gasteiger partial charge in [-0.2, -0.15) is 0 Å². The lowest BCUT2D eigenvalue weighted by Crippen LogP contribution is -2.03. The van der Waals surface area contributed by atoms with Crippen LogP contribution in [0.25, 0.3) is 0 Å². The van der Waals surface area contributed by atoms with Crippen LogP contribution in [0.1, 0.15) is 0 Å². The summed E-state index contributed by atoms with van der Waals surface area (Å²) >= 11 is 0. The zero-order valence-electron chi connectivity index (χ0n) is 7.02. The Bertz CT molecular complexity index is 393. The number of nitrogen functional groups attached to an aromatic ring is 1. The van der Waals surface area contributed by atoms with Crippen LogP contribution in [0.15, 0.2) is 27.6 Å². The van der Waals surface area contributed by atoms with E-state index in [9.17, 15) is 4.21 Å². The van der Waals surface area contributed by atoms with Crippen molar-refractivity contribution in [3.63, 3.8) is 0 Å². The fourth-order valence-corrected chi connectivity index (χ4v) is 1.79. The Morgan fingerprint density at radius 3 is 2.83 bits per heavy atom. The van der Waals surface area contributed by atoms with E-state index in [1.54, 1.807) is 24.6 Å². The van der Waals surface area contributed by atoms with Gasteiger partial charge in [0.1, 0.15) is 5.82 Å². The molecule has 0 aliphatic carbocycles. The number of anilines is 1. The van der Waals surface area contributed by atoms with Crippen LogP contribution in [0.4, 0.5) is 5.82 Å². The van der Waals surface area contributed by atoms with Crippen molar-refractivity contribution < 1.29 is 4.21 Å². The third kappa shape index (κ3) is 1.55. The minimum absolute atomic E-state index is 0.288. The van der Waals surface area contributed by atoms with Crippen LogP contribution in [-0.4, -0.2) is 22.5 Å². The standard InChI is InChI=1S/C7H11N3OS/c1-9-12(2,11)6-4-3-5-10-7(6)8/h3-5H,1-2H3,(H2,8,10). The van der Waals surface area contributed by atoms with Crippen LogP contribution < -0.4 is 5.73 Å². The molecule has 1 rings (SSSR count). The van der Waals surface area contributed by atoms with Crippen molar-refractivity contribution in [3.8, 4) is 0 Å². The topological polar surface area (TPSA) is 68.3 Å². The number of hydrogen-bond donors (Lipinski definition) is 1. The van der Waals surface area contributed by atoms with Gasteiger partial charge in [0.2, 0.25) is 0 Å². The predicted octanol–water partition coefficient (Wildman–Crippen LogP) is 0.750. The van der Waals surface area contributed by atoms with Gasteiger partial charge >= 0.3 is 0 Å². The SMILES string of the molecule is CN=S(C)(=O)c1cccnc1N. The van der Waals surface area contributed by atoms with Gasteiger partial charge in [-0.25, -0.2) is 13.6 Å². The van der Waals surface area contributed by atoms with E-state index in [0.29, 0.717) is 4.90 Å². The number of pyridine rings is 1. The summed E-state index contributed by atoms with van der Waals surface area (Å²) in [5.41, 5.74) is 5.53. The molecule has 0 fully saturated rings. The summed E-state index contributed by atoms with van der Waals surface area (Å²) in [5, 5.41) is 0. The third-order valence-corrected chi connectivity index (χ3v) is 3.41. The van der Waals surface area contributed by atoms with Gasteiger partial charge in [0.25, 0.3) is 0 Å². The quantitative estimate of drug-likeness (QED) is 0.702. The van der Waals surface area contributed by atoms with Crippen molar-refractivity contribution in [2.75, 3.05) is 19.0 Å². The maximum Gasteiger partial charge on any atom is 0.140 e. The van der Waals surface area contributed by atoms with Crippen LogP contribution in [-0.2, 0) is 9.73 Å². The largest absolute Gasteiger partial charge is 0.383 e. The van der Waals surface area contributed by atoms with Crippen molar-refractivity contribution in [1.29, 1.82) is 0 Å². The molecule has 1 aromatic heterocycles. The molecule has 5 heteroatoms. The zero-order valence-corrected chi connectivity index (χ0v) is 7.84. The van der Waals surface area contributed by atoms with Gasteiger partial charge in [-0.3, -0.25) is 0 Å². The second-order valence-electron chi connectivity index (χ2n) is 2.37. The Labute approximate surface area is 72.0 Å². The molecule has 1 heterocycles. The van der Waals surface area contributed by atoms with E-state index in [-0.39, 0.29) is 5.82 Å². The summed E-state index contributed by atoms with van der Waals surface area (Å²) in [6, 6.07) is 3.37. The van der Waals surface area contributed by atoms with Crippen molar-refractivity contribution >= 4 is 15.5 Å². The zero-order chi connectivity index (χ0) is 9.19. The maximum absolute atomic E-state index is 11.7. The first-order valence-corrected chi connectivity index (χ1v) is 5.31. The van der Waals surface area contributed by atoms with Crippen LogP contribution in [0.5, 0.6) is 0 Å². The molecule has 66 valence electrons. The molecule has 0 radical (unpaired) electrons. The minimum Gasteiger partial charge on any atom is -0.383 e. The smallest absolute Gasteiger partial charge is 0.140 e. The molecule has 1 atom stereocenters. The van der Waals surface area contributed by atoms with Gasteiger partial charge < -0.3 is 5.73 Å². The minimum atomic E-state index is -2.34. The lowest BCUT2D eigenvalue weighted by molar-refractivity contribution is 0.680. The summed E-state index contributed by atoms with van der Waals surface area (Å²) in [7, 11) is -0.833. The summed E-state index contributed by atoms with van der Waals surface area (Å²) in [6.45, 7) is 0. The lowest BCUT2D eigenvalue weighted by atomic mass is 10.5. The molecule has 0 aliphatic heterocycles. The van der Waals surface area contributed by atoms with E-state index in [1.807, 2.05) is 0 Å². The fourth-order valence-electron chi connectivity index (χ4n) is 0.821. The molecule has 4 nitrogen and oxygen atoms in total. The molecule has 1 aromatic rings. The van der Waals surface area contributed by atoms with Gasteiger partial charge in [-0.05, 0) is 12.1 Å². The first-order chi connectivity index (χ1) is 5.58. The van der Waals surface area contributed by atoms with Crippen molar-refractivity contribution in [1.82, 2.24) is 4.98 Å². The molecule has 0 aromatic carbocycles. The first kappa shape index (κ1) is 8.99. The summed E-state index contributed by atoms with van der Waals surface area (Å²) in [5.74, 6) is 0.288. The lowest BCUT2D eigenvalue weighted by Gasteiger charge is -2.04. The first-order valence-electron chi connectivity index (χ1n) is 3.38.